The zero-order valence-electron chi connectivity index (χ0n) is 9.40. The second-order valence-electron chi connectivity index (χ2n) is 4.20. The molecule has 4 heteroatoms. The molecule has 0 amide bonds. The van der Waals surface area contributed by atoms with Gasteiger partial charge in [-0.25, -0.2) is 4.39 Å². The highest BCUT2D eigenvalue weighted by molar-refractivity contribution is 7.99. The molecule has 0 spiro atoms. The first kappa shape index (κ1) is 11.9. The first-order valence-electron chi connectivity index (χ1n) is 5.47. The van der Waals surface area contributed by atoms with Crippen molar-refractivity contribution in [3.05, 3.63) is 35.6 Å². The molecule has 16 heavy (non-hydrogen) atoms. The summed E-state index contributed by atoms with van der Waals surface area (Å²) in [5.41, 5.74) is 7.25. The van der Waals surface area contributed by atoms with E-state index in [-0.39, 0.29) is 11.9 Å². The maximum atomic E-state index is 12.8. The Labute approximate surface area is 100 Å². The van der Waals surface area contributed by atoms with Crippen LogP contribution >= 0.6 is 11.8 Å². The van der Waals surface area contributed by atoms with Crippen molar-refractivity contribution in [1.82, 2.24) is 4.90 Å². The average Bonchev–Trinajstić information content (AvgIpc) is 2.30. The molecule has 1 fully saturated rings. The molecule has 0 aromatic heterocycles. The average molecular weight is 240 g/mol. The molecule has 2 nitrogen and oxygen atoms in total. The highest BCUT2D eigenvalue weighted by atomic mass is 32.2. The van der Waals surface area contributed by atoms with Crippen molar-refractivity contribution < 1.29 is 4.39 Å². The predicted molar refractivity (Wildman–Crippen MR) is 67.1 cm³/mol. The van der Waals surface area contributed by atoms with Gasteiger partial charge in [-0.05, 0) is 24.7 Å². The first-order valence-corrected chi connectivity index (χ1v) is 6.63. The summed E-state index contributed by atoms with van der Waals surface area (Å²) in [7, 11) is 2.10. The van der Waals surface area contributed by atoms with E-state index in [0.29, 0.717) is 6.04 Å². The molecule has 2 atom stereocenters. The van der Waals surface area contributed by atoms with Crippen molar-refractivity contribution in [2.24, 2.45) is 5.73 Å². The largest absolute Gasteiger partial charge is 0.323 e. The number of likely N-dealkylation sites (N-methyl/N-ethyl adjacent to an activating group) is 1. The molecular weight excluding hydrogens is 223 g/mol. The Morgan fingerprint density at radius 3 is 2.75 bits per heavy atom. The van der Waals surface area contributed by atoms with Crippen LogP contribution < -0.4 is 5.73 Å². The Morgan fingerprint density at radius 2 is 2.12 bits per heavy atom. The molecule has 0 radical (unpaired) electrons. The van der Waals surface area contributed by atoms with Crippen LogP contribution in [-0.4, -0.2) is 36.0 Å². The number of hydrogen-bond donors (Lipinski definition) is 1. The highest BCUT2D eigenvalue weighted by Crippen LogP contribution is 2.24. The molecule has 1 aliphatic rings. The van der Waals surface area contributed by atoms with Gasteiger partial charge in [-0.2, -0.15) is 11.8 Å². The van der Waals surface area contributed by atoms with E-state index in [1.165, 1.54) is 17.9 Å². The number of thioether (sulfide) groups is 1. The molecular formula is C12H17FN2S. The van der Waals surface area contributed by atoms with E-state index in [2.05, 4.69) is 11.9 Å². The first-order chi connectivity index (χ1) is 7.68. The van der Waals surface area contributed by atoms with Crippen molar-refractivity contribution >= 4 is 11.8 Å². The van der Waals surface area contributed by atoms with Gasteiger partial charge in [0.15, 0.2) is 0 Å². The maximum Gasteiger partial charge on any atom is 0.123 e. The minimum Gasteiger partial charge on any atom is -0.323 e. The fourth-order valence-electron chi connectivity index (χ4n) is 1.99. The van der Waals surface area contributed by atoms with Crippen molar-refractivity contribution in [2.75, 3.05) is 25.1 Å². The van der Waals surface area contributed by atoms with E-state index in [4.69, 9.17) is 5.73 Å². The van der Waals surface area contributed by atoms with E-state index < -0.39 is 0 Å². The van der Waals surface area contributed by atoms with E-state index in [0.717, 1.165) is 17.9 Å². The summed E-state index contributed by atoms with van der Waals surface area (Å²) in [5, 5.41) is 0. The van der Waals surface area contributed by atoms with Crippen molar-refractivity contribution in [3.63, 3.8) is 0 Å². The van der Waals surface area contributed by atoms with Gasteiger partial charge in [0.05, 0.1) is 0 Å². The smallest absolute Gasteiger partial charge is 0.123 e. The monoisotopic (exact) mass is 240 g/mol. The topological polar surface area (TPSA) is 29.3 Å². The van der Waals surface area contributed by atoms with Gasteiger partial charge < -0.3 is 5.73 Å². The fraction of sp³-hybridized carbons (Fsp3) is 0.500. The second kappa shape index (κ2) is 5.17. The Kier molecular flexibility index (Phi) is 3.84. The lowest BCUT2D eigenvalue weighted by Crippen LogP contribution is -2.46. The Bertz CT molecular complexity index is 341. The minimum atomic E-state index is -0.206. The summed E-state index contributed by atoms with van der Waals surface area (Å²) >= 11 is 1.94. The molecule has 2 unspecified atom stereocenters. The predicted octanol–water partition coefficient (Wildman–Crippen LogP) is 1.87. The van der Waals surface area contributed by atoms with Crippen LogP contribution in [0.15, 0.2) is 24.3 Å². The van der Waals surface area contributed by atoms with Gasteiger partial charge in [0, 0.05) is 30.1 Å². The van der Waals surface area contributed by atoms with Gasteiger partial charge in [-0.3, -0.25) is 4.90 Å². The molecule has 1 saturated heterocycles. The fourth-order valence-corrected chi connectivity index (χ4v) is 3.28. The number of halogens is 1. The number of nitrogens with zero attached hydrogens (tertiary/aromatic N) is 1. The Hall–Kier alpha value is -0.580. The zero-order chi connectivity index (χ0) is 11.5. The van der Waals surface area contributed by atoms with Gasteiger partial charge in [-0.15, -0.1) is 0 Å². The molecule has 88 valence electrons. The number of hydrogen-bond acceptors (Lipinski definition) is 3. The van der Waals surface area contributed by atoms with Gasteiger partial charge in [-0.1, -0.05) is 12.1 Å². The van der Waals surface area contributed by atoms with Crippen LogP contribution in [0.5, 0.6) is 0 Å². The lowest BCUT2D eigenvalue weighted by molar-refractivity contribution is 0.237. The Morgan fingerprint density at radius 1 is 1.44 bits per heavy atom. The molecule has 0 saturated carbocycles. The van der Waals surface area contributed by atoms with Gasteiger partial charge >= 0.3 is 0 Å². The SMILES string of the molecule is CN1CCSCC1C(N)c1ccc(F)cc1. The van der Waals surface area contributed by atoms with Crippen LogP contribution in [-0.2, 0) is 0 Å². The van der Waals surface area contributed by atoms with Crippen molar-refractivity contribution in [3.8, 4) is 0 Å². The molecule has 0 bridgehead atoms. The summed E-state index contributed by atoms with van der Waals surface area (Å²) in [4.78, 5) is 2.30. The number of benzene rings is 1. The van der Waals surface area contributed by atoms with Crippen LogP contribution in [0.25, 0.3) is 0 Å². The van der Waals surface area contributed by atoms with Gasteiger partial charge in [0.2, 0.25) is 0 Å². The number of rotatable bonds is 2. The van der Waals surface area contributed by atoms with Crippen molar-refractivity contribution in [1.29, 1.82) is 0 Å². The van der Waals surface area contributed by atoms with Gasteiger partial charge in [0.25, 0.3) is 0 Å². The normalized spacial score (nSPS) is 24.3. The molecule has 2 N–H and O–H groups in total. The Balaban J connectivity index is 2.11. The van der Waals surface area contributed by atoms with Gasteiger partial charge in [0.1, 0.15) is 5.82 Å². The van der Waals surface area contributed by atoms with Crippen LogP contribution in [0, 0.1) is 5.82 Å². The van der Waals surface area contributed by atoms with Crippen LogP contribution in [0.2, 0.25) is 0 Å². The quantitative estimate of drug-likeness (QED) is 0.855. The third-order valence-electron chi connectivity index (χ3n) is 3.11. The molecule has 1 aliphatic heterocycles. The summed E-state index contributed by atoms with van der Waals surface area (Å²) < 4.78 is 12.8. The third kappa shape index (κ3) is 2.56. The van der Waals surface area contributed by atoms with Crippen LogP contribution in [0.4, 0.5) is 4.39 Å². The summed E-state index contributed by atoms with van der Waals surface area (Å²) in [5.74, 6) is 2.01. The van der Waals surface area contributed by atoms with E-state index in [9.17, 15) is 4.39 Å². The molecule has 1 heterocycles. The van der Waals surface area contributed by atoms with Crippen LogP contribution in [0.3, 0.4) is 0 Å². The molecule has 1 aromatic rings. The molecule has 0 aliphatic carbocycles. The maximum absolute atomic E-state index is 12.8. The van der Waals surface area contributed by atoms with E-state index in [1.54, 1.807) is 12.1 Å². The summed E-state index contributed by atoms with van der Waals surface area (Å²) in [6, 6.07) is 6.85. The lowest BCUT2D eigenvalue weighted by atomic mass is 10.0. The second-order valence-corrected chi connectivity index (χ2v) is 5.35. The number of nitrogens with two attached hydrogens (primary N) is 1. The van der Waals surface area contributed by atoms with Crippen molar-refractivity contribution in [2.45, 2.75) is 12.1 Å². The third-order valence-corrected chi connectivity index (χ3v) is 4.16. The summed E-state index contributed by atoms with van der Waals surface area (Å²) in [6.45, 7) is 1.07. The minimum absolute atomic E-state index is 0.0293. The summed E-state index contributed by atoms with van der Waals surface area (Å²) in [6.07, 6.45) is 0. The van der Waals surface area contributed by atoms with E-state index >= 15 is 0 Å². The lowest BCUT2D eigenvalue weighted by Gasteiger charge is -2.36. The van der Waals surface area contributed by atoms with E-state index in [1.807, 2.05) is 11.8 Å². The highest BCUT2D eigenvalue weighted by Gasteiger charge is 2.26. The van der Waals surface area contributed by atoms with Crippen LogP contribution in [0.1, 0.15) is 11.6 Å². The molecule has 2 rings (SSSR count). The molecule has 1 aromatic carbocycles. The zero-order valence-corrected chi connectivity index (χ0v) is 10.2. The standard InChI is InChI=1S/C12H17FN2S/c1-15-6-7-16-8-11(15)12(14)9-2-4-10(13)5-3-9/h2-5,11-12H,6-8,14H2,1H3.